The Morgan fingerprint density at radius 2 is 2.09 bits per heavy atom. The quantitative estimate of drug-likeness (QED) is 0.612. The Kier molecular flexibility index (Phi) is 6.77. The van der Waals surface area contributed by atoms with Crippen LogP contribution in [0.1, 0.15) is 11.1 Å². The number of nitrogens with one attached hydrogen (secondary N) is 2. The molecule has 1 aromatic heterocycles. The maximum Gasteiger partial charge on any atom is 0.418 e. The lowest BCUT2D eigenvalue weighted by Crippen LogP contribution is -2.45. The van der Waals surface area contributed by atoms with Crippen LogP contribution < -0.4 is 31.7 Å². The molecule has 7 nitrogen and oxygen atoms in total. The van der Waals surface area contributed by atoms with Crippen molar-refractivity contribution in [2.24, 2.45) is 4.99 Å². The topological polar surface area (TPSA) is 87.8 Å². The molecule has 0 aliphatic carbocycles. The van der Waals surface area contributed by atoms with E-state index in [2.05, 4.69) is 20.6 Å². The van der Waals surface area contributed by atoms with E-state index in [1.54, 1.807) is 6.20 Å². The Balaban J connectivity index is 0.00000289. The summed E-state index contributed by atoms with van der Waals surface area (Å²) in [6.07, 6.45) is -1.43. The van der Waals surface area contributed by atoms with Crippen molar-refractivity contribution >= 4 is 35.6 Å². The average Bonchev–Trinajstić information content (AvgIpc) is 2.87. The highest BCUT2D eigenvalue weighted by atomic mass is 35.5. The smallest absolute Gasteiger partial charge is 0.418 e. The Morgan fingerprint density at radius 3 is 2.78 bits per heavy atom. The van der Waals surface area contributed by atoms with Gasteiger partial charge in [-0.3, -0.25) is 4.99 Å². The minimum absolute atomic E-state index is 0. The SMILES string of the molecule is CNCCN1C=COc2cc(-c3nc(N)cc(C)c3C(F)(F)F)c(Cl)c3c2=C1NCN=3.Cl. The third-order valence-electron chi connectivity index (χ3n) is 5.02. The Morgan fingerprint density at radius 1 is 1.34 bits per heavy atom. The molecule has 3 heterocycles. The van der Waals surface area contributed by atoms with Crippen LogP contribution in [0.15, 0.2) is 29.6 Å². The number of ether oxygens (including phenoxy) is 1. The number of benzene rings is 1. The second-order valence-electron chi connectivity index (χ2n) is 7.09. The third-order valence-corrected chi connectivity index (χ3v) is 5.41. The number of nitrogens with two attached hydrogens (primary N) is 1. The van der Waals surface area contributed by atoms with Gasteiger partial charge in [0.2, 0.25) is 0 Å². The Hall–Kier alpha value is -2.69. The van der Waals surface area contributed by atoms with E-state index in [0.717, 1.165) is 0 Å². The zero-order valence-corrected chi connectivity index (χ0v) is 18.8. The van der Waals surface area contributed by atoms with Gasteiger partial charge in [0.25, 0.3) is 0 Å². The summed E-state index contributed by atoms with van der Waals surface area (Å²) in [6, 6.07) is 2.64. The molecule has 0 unspecified atom stereocenters. The largest absolute Gasteiger partial charge is 0.463 e. The summed E-state index contributed by atoms with van der Waals surface area (Å²) in [7, 11) is 1.84. The van der Waals surface area contributed by atoms with Gasteiger partial charge in [0.15, 0.2) is 0 Å². The molecule has 4 N–H and O–H groups in total. The second kappa shape index (κ2) is 9.05. The molecule has 2 aromatic rings. The van der Waals surface area contributed by atoms with Crippen molar-refractivity contribution in [2.75, 3.05) is 32.5 Å². The molecule has 1 aromatic carbocycles. The number of hydrogen-bond donors (Lipinski definition) is 3. The molecule has 12 heteroatoms. The number of nitrogens with zero attached hydrogens (tertiary/aromatic N) is 3. The lowest BCUT2D eigenvalue weighted by molar-refractivity contribution is -0.137. The van der Waals surface area contributed by atoms with Gasteiger partial charge in [0.05, 0.1) is 26.9 Å². The molecule has 2 aliphatic heterocycles. The first-order valence-electron chi connectivity index (χ1n) is 9.46. The fourth-order valence-corrected chi connectivity index (χ4v) is 4.01. The van der Waals surface area contributed by atoms with Crippen LogP contribution in [0.5, 0.6) is 5.75 Å². The van der Waals surface area contributed by atoms with Crippen LogP contribution in [0.25, 0.3) is 17.1 Å². The molecule has 2 aliphatic rings. The van der Waals surface area contributed by atoms with Crippen molar-refractivity contribution in [1.82, 2.24) is 20.5 Å². The summed E-state index contributed by atoms with van der Waals surface area (Å²) < 4.78 is 47.4. The predicted molar refractivity (Wildman–Crippen MR) is 119 cm³/mol. The van der Waals surface area contributed by atoms with Crippen LogP contribution in [-0.2, 0) is 6.18 Å². The van der Waals surface area contributed by atoms with Crippen molar-refractivity contribution in [1.29, 1.82) is 0 Å². The molecule has 0 bridgehead atoms. The number of alkyl halides is 3. The van der Waals surface area contributed by atoms with Gasteiger partial charge in [0, 0.05) is 24.9 Å². The van der Waals surface area contributed by atoms with E-state index in [9.17, 15) is 13.2 Å². The summed E-state index contributed by atoms with van der Waals surface area (Å²) in [5.41, 5.74) is 4.54. The molecule has 0 radical (unpaired) electrons. The zero-order valence-electron chi connectivity index (χ0n) is 17.2. The van der Waals surface area contributed by atoms with Gasteiger partial charge in [-0.05, 0) is 31.7 Å². The molecule has 0 atom stereocenters. The molecular weight excluding hydrogens is 468 g/mol. The molecule has 0 saturated carbocycles. The van der Waals surface area contributed by atoms with E-state index in [-0.39, 0.29) is 46.7 Å². The highest BCUT2D eigenvalue weighted by molar-refractivity contribution is 6.33. The van der Waals surface area contributed by atoms with Gasteiger partial charge in [-0.2, -0.15) is 13.2 Å². The van der Waals surface area contributed by atoms with E-state index >= 15 is 0 Å². The molecule has 0 fully saturated rings. The molecule has 0 saturated heterocycles. The molecule has 4 rings (SSSR count). The van der Waals surface area contributed by atoms with Crippen molar-refractivity contribution in [3.05, 3.63) is 51.3 Å². The van der Waals surface area contributed by atoms with Gasteiger partial charge >= 0.3 is 6.18 Å². The van der Waals surface area contributed by atoms with E-state index < -0.39 is 11.7 Å². The van der Waals surface area contributed by atoms with Crippen molar-refractivity contribution in [3.8, 4) is 17.0 Å². The second-order valence-corrected chi connectivity index (χ2v) is 7.46. The van der Waals surface area contributed by atoms with Crippen LogP contribution >= 0.6 is 24.0 Å². The monoisotopic (exact) mass is 488 g/mol. The Bertz CT molecular complexity index is 1200. The van der Waals surface area contributed by atoms with Crippen LogP contribution in [0.2, 0.25) is 5.02 Å². The summed E-state index contributed by atoms with van der Waals surface area (Å²) >= 11 is 6.62. The molecule has 0 amide bonds. The number of pyridine rings is 1. The maximum absolute atomic E-state index is 13.9. The first-order valence-corrected chi connectivity index (χ1v) is 9.84. The first kappa shape index (κ1) is 24.0. The Labute approximate surface area is 193 Å². The molecular formula is C20H21Cl2F3N6O. The number of halogens is 5. The van der Waals surface area contributed by atoms with E-state index in [4.69, 9.17) is 22.1 Å². The van der Waals surface area contributed by atoms with Crippen LogP contribution in [0.4, 0.5) is 19.0 Å². The maximum atomic E-state index is 13.9. The van der Waals surface area contributed by atoms with Gasteiger partial charge in [-0.1, -0.05) is 11.6 Å². The number of hydrogen-bond acceptors (Lipinski definition) is 7. The van der Waals surface area contributed by atoms with Crippen LogP contribution in [-0.4, -0.2) is 36.7 Å². The van der Waals surface area contributed by atoms with Gasteiger partial charge in [-0.15, -0.1) is 12.4 Å². The van der Waals surface area contributed by atoms with Crippen molar-refractivity contribution in [2.45, 2.75) is 13.1 Å². The summed E-state index contributed by atoms with van der Waals surface area (Å²) in [4.78, 5) is 10.3. The van der Waals surface area contributed by atoms with Crippen molar-refractivity contribution < 1.29 is 17.9 Å². The highest BCUT2D eigenvalue weighted by Gasteiger charge is 2.37. The minimum Gasteiger partial charge on any atom is -0.463 e. The average molecular weight is 489 g/mol. The van der Waals surface area contributed by atoms with Gasteiger partial charge < -0.3 is 26.0 Å². The molecule has 0 spiro atoms. The highest BCUT2D eigenvalue weighted by Crippen LogP contribution is 2.41. The van der Waals surface area contributed by atoms with Gasteiger partial charge in [-0.25, -0.2) is 4.98 Å². The zero-order chi connectivity index (χ0) is 22.3. The van der Waals surface area contributed by atoms with Crippen molar-refractivity contribution in [3.63, 3.8) is 0 Å². The summed E-state index contributed by atoms with van der Waals surface area (Å²) in [5, 5.41) is 7.25. The standard InChI is InChI=1S/C20H20ClF3N6O.ClH/c1-10-7-13(25)29-17(15(10)20(22,23)24)11-8-12-14-18(16(11)21)27-9-28-19(14)30(4-3-26-2)5-6-31-12;/h5-8,26,28H,3-4,9H2,1-2H3,(H2,25,29);1H. The summed E-state index contributed by atoms with van der Waals surface area (Å²) in [6.45, 7) is 2.88. The molecule has 172 valence electrons. The lowest BCUT2D eigenvalue weighted by Gasteiger charge is -2.25. The van der Waals surface area contributed by atoms with E-state index in [1.165, 1.54) is 25.3 Å². The van der Waals surface area contributed by atoms with Gasteiger partial charge in [0.1, 0.15) is 30.3 Å². The number of rotatable bonds is 4. The number of anilines is 1. The minimum atomic E-state index is -4.64. The fraction of sp³-hybridized carbons (Fsp3) is 0.300. The number of likely N-dealkylation sites (N-methyl/N-ethyl adjacent to an activating group) is 1. The predicted octanol–water partition coefficient (Wildman–Crippen LogP) is 2.36. The number of nitrogen functional groups attached to an aromatic ring is 1. The van der Waals surface area contributed by atoms with E-state index in [1.807, 2.05) is 11.9 Å². The van der Waals surface area contributed by atoms with E-state index in [0.29, 0.717) is 35.2 Å². The normalized spacial score (nSPS) is 14.6. The van der Waals surface area contributed by atoms with Crippen LogP contribution in [0.3, 0.4) is 0 Å². The molecule has 32 heavy (non-hydrogen) atoms. The number of aromatic nitrogens is 1. The number of aryl methyl sites for hydroxylation is 1. The third kappa shape index (κ3) is 4.17. The van der Waals surface area contributed by atoms with Crippen LogP contribution in [0, 0.1) is 6.92 Å². The fourth-order valence-electron chi connectivity index (χ4n) is 3.71. The summed E-state index contributed by atoms with van der Waals surface area (Å²) in [5.74, 6) is 0.994. The lowest BCUT2D eigenvalue weighted by atomic mass is 9.99. The first-order chi connectivity index (χ1) is 14.7.